The number of nitrogens with one attached hydrogen (secondary N) is 2. The molecule has 0 aliphatic carbocycles. The summed E-state index contributed by atoms with van der Waals surface area (Å²) in [6.07, 6.45) is -0.770. The van der Waals surface area contributed by atoms with E-state index in [0.717, 1.165) is 36.6 Å². The van der Waals surface area contributed by atoms with Crippen molar-refractivity contribution in [2.45, 2.75) is 26.1 Å². The molecular weight excluding hydrogens is 532 g/mol. The second-order valence-corrected chi connectivity index (χ2v) is 15.7. The molecular formula is C20H21AsF5N3O3S. The van der Waals surface area contributed by atoms with Gasteiger partial charge in [0.05, 0.1) is 0 Å². The van der Waals surface area contributed by atoms with Crippen molar-refractivity contribution in [2.75, 3.05) is 18.1 Å². The summed E-state index contributed by atoms with van der Waals surface area (Å²) in [7, 11) is -3.44. The molecule has 1 heterocycles. The number of anilines is 1. The molecule has 0 saturated heterocycles. The number of alkyl halides is 3. The fourth-order valence-electron chi connectivity index (χ4n) is 2.56. The van der Waals surface area contributed by atoms with Gasteiger partial charge in [-0.3, -0.25) is 0 Å². The number of carbonyl (C=O) groups is 1. The summed E-state index contributed by atoms with van der Waals surface area (Å²) >= 11 is -1.91. The molecule has 1 amide bonds. The van der Waals surface area contributed by atoms with Crippen molar-refractivity contribution in [3.8, 4) is 0 Å². The molecule has 0 aliphatic rings. The first kappa shape index (κ1) is 26.8. The summed E-state index contributed by atoms with van der Waals surface area (Å²) in [5, 5.41) is 5.11. The van der Waals surface area contributed by atoms with Gasteiger partial charge in [-0.1, -0.05) is 6.92 Å². The van der Waals surface area contributed by atoms with Gasteiger partial charge in [0.2, 0.25) is 0 Å². The van der Waals surface area contributed by atoms with E-state index in [9.17, 15) is 35.2 Å². The third kappa shape index (κ3) is 8.43. The maximum atomic E-state index is 14.2. The fourth-order valence-corrected chi connectivity index (χ4v) is 7.03. The van der Waals surface area contributed by atoms with Gasteiger partial charge in [0.1, 0.15) is 5.69 Å². The first-order chi connectivity index (χ1) is 15.3. The quantitative estimate of drug-likeness (QED) is 0.283. The predicted molar refractivity (Wildman–Crippen MR) is 117 cm³/mol. The SMILES string of the molecule is CCCNc1nc(C(F)(F)F)ccc1/C=C\C(=O)NCc1cc(F)c([AsH]S(C)(=O)=O)cc1F. The molecule has 1 atom stereocenters. The van der Waals surface area contributed by atoms with E-state index in [4.69, 9.17) is 0 Å². The van der Waals surface area contributed by atoms with E-state index in [1.165, 1.54) is 6.08 Å². The molecule has 2 aromatic rings. The van der Waals surface area contributed by atoms with Crippen molar-refractivity contribution < 1.29 is 35.2 Å². The molecule has 2 rings (SSSR count). The third-order valence-corrected chi connectivity index (χ3v) is 9.17. The van der Waals surface area contributed by atoms with E-state index in [-0.39, 0.29) is 27.8 Å². The van der Waals surface area contributed by atoms with Crippen molar-refractivity contribution in [3.63, 3.8) is 0 Å². The Hall–Kier alpha value is -2.46. The fraction of sp³-hybridized carbons (Fsp3) is 0.300. The summed E-state index contributed by atoms with van der Waals surface area (Å²) < 4.78 is 89.5. The normalized spacial score (nSPS) is 12.6. The van der Waals surface area contributed by atoms with Crippen LogP contribution in [0.1, 0.15) is 30.2 Å². The average Bonchev–Trinajstić information content (AvgIpc) is 2.70. The molecule has 0 radical (unpaired) electrons. The van der Waals surface area contributed by atoms with Crippen LogP contribution in [0.3, 0.4) is 0 Å². The summed E-state index contributed by atoms with van der Waals surface area (Å²) in [6.45, 7) is 1.81. The van der Waals surface area contributed by atoms with Crippen molar-refractivity contribution in [1.82, 2.24) is 10.3 Å². The van der Waals surface area contributed by atoms with Gasteiger partial charge in [-0.2, -0.15) is 13.2 Å². The molecule has 0 saturated carbocycles. The molecule has 6 nitrogen and oxygen atoms in total. The number of halogens is 5. The van der Waals surface area contributed by atoms with Crippen LogP contribution in [0, 0.1) is 11.6 Å². The van der Waals surface area contributed by atoms with Gasteiger partial charge in [-0.25, -0.2) is 0 Å². The zero-order valence-electron chi connectivity index (χ0n) is 17.6. The zero-order valence-corrected chi connectivity index (χ0v) is 20.5. The van der Waals surface area contributed by atoms with Crippen molar-refractivity contribution >= 4 is 44.8 Å². The van der Waals surface area contributed by atoms with Crippen molar-refractivity contribution in [2.24, 2.45) is 0 Å². The molecule has 180 valence electrons. The Labute approximate surface area is 193 Å². The van der Waals surface area contributed by atoms with E-state index < -0.39 is 52.1 Å². The molecule has 33 heavy (non-hydrogen) atoms. The predicted octanol–water partition coefficient (Wildman–Crippen LogP) is 2.55. The number of hydrogen-bond donors (Lipinski definition) is 2. The zero-order chi connectivity index (χ0) is 24.8. The number of pyridine rings is 1. The van der Waals surface area contributed by atoms with Crippen molar-refractivity contribution in [1.29, 1.82) is 0 Å². The van der Waals surface area contributed by atoms with Gasteiger partial charge in [-0.15, -0.1) is 0 Å². The average molecular weight is 553 g/mol. The van der Waals surface area contributed by atoms with Gasteiger partial charge >= 0.3 is 155 Å². The van der Waals surface area contributed by atoms with Crippen LogP contribution in [0.5, 0.6) is 0 Å². The summed E-state index contributed by atoms with van der Waals surface area (Å²) in [5.74, 6) is -2.48. The molecule has 0 bridgehead atoms. The monoisotopic (exact) mass is 553 g/mol. The first-order valence-corrected chi connectivity index (χ1v) is 15.0. The van der Waals surface area contributed by atoms with Gasteiger partial charge in [0.25, 0.3) is 0 Å². The Bertz CT molecular complexity index is 1150. The Kier molecular flexibility index (Phi) is 9.02. The van der Waals surface area contributed by atoms with Crippen molar-refractivity contribution in [3.05, 3.63) is 58.8 Å². The number of carbonyl (C=O) groups excluding carboxylic acids is 1. The maximum absolute atomic E-state index is 14.2. The van der Waals surface area contributed by atoms with Crippen LogP contribution >= 0.6 is 0 Å². The van der Waals surface area contributed by atoms with Gasteiger partial charge in [-0.05, 0) is 6.42 Å². The molecule has 0 fully saturated rings. The van der Waals surface area contributed by atoms with Gasteiger partial charge in [0.15, 0.2) is 0 Å². The van der Waals surface area contributed by atoms with Crippen LogP contribution in [-0.4, -0.2) is 46.7 Å². The van der Waals surface area contributed by atoms with E-state index in [0.29, 0.717) is 13.0 Å². The van der Waals surface area contributed by atoms with Crippen LogP contribution in [-0.2, 0) is 25.6 Å². The number of benzene rings is 1. The molecule has 0 spiro atoms. The number of aromatic nitrogens is 1. The van der Waals surface area contributed by atoms with Crippen LogP contribution in [0.15, 0.2) is 30.3 Å². The topological polar surface area (TPSA) is 88.2 Å². The number of hydrogen-bond acceptors (Lipinski definition) is 5. The second kappa shape index (κ2) is 11.1. The molecule has 2 N–H and O–H groups in total. The van der Waals surface area contributed by atoms with Gasteiger partial charge in [0, 0.05) is 6.54 Å². The molecule has 13 heteroatoms. The summed E-state index contributed by atoms with van der Waals surface area (Å²) in [6, 6.07) is 3.59. The minimum absolute atomic E-state index is 0.0472. The number of nitrogens with zero attached hydrogens (tertiary/aromatic N) is 1. The second-order valence-electron chi connectivity index (χ2n) is 6.91. The minimum atomic E-state index is -4.62. The van der Waals surface area contributed by atoms with Crippen LogP contribution in [0.25, 0.3) is 6.08 Å². The Morgan fingerprint density at radius 2 is 1.88 bits per heavy atom. The Morgan fingerprint density at radius 1 is 1.18 bits per heavy atom. The number of amides is 1. The van der Waals surface area contributed by atoms with Crippen LogP contribution < -0.4 is 15.0 Å². The molecule has 1 aromatic heterocycles. The van der Waals surface area contributed by atoms with Crippen LogP contribution in [0.2, 0.25) is 0 Å². The first-order valence-electron chi connectivity index (χ1n) is 9.54. The number of rotatable bonds is 9. The van der Waals surface area contributed by atoms with Crippen LogP contribution in [0.4, 0.5) is 27.8 Å². The van der Waals surface area contributed by atoms with E-state index >= 15 is 0 Å². The molecule has 1 aromatic carbocycles. The van der Waals surface area contributed by atoms with E-state index in [1.807, 2.05) is 6.92 Å². The standard InChI is InChI=1S/C20H21AsF5N3O3S/c1-3-8-27-19-12(4-6-17(29-19)20(24,25)26)5-7-18(30)28-11-13-9-16(23)14(10-15(13)22)21-33(2,31)32/h4-7,9-10,21H,3,8,11H2,1-2H3,(H,27,29)(H,28,30)/b7-5-. The van der Waals surface area contributed by atoms with Gasteiger partial charge < -0.3 is 0 Å². The third-order valence-electron chi connectivity index (χ3n) is 4.06. The Balaban J connectivity index is 2.12. The van der Waals surface area contributed by atoms with E-state index in [2.05, 4.69) is 15.6 Å². The van der Waals surface area contributed by atoms with E-state index in [1.54, 1.807) is 0 Å². The summed E-state index contributed by atoms with van der Waals surface area (Å²) in [5.41, 5.74) is -1.03. The molecule has 1 unspecified atom stereocenters. The Morgan fingerprint density at radius 3 is 2.48 bits per heavy atom. The molecule has 0 aliphatic heterocycles. The summed E-state index contributed by atoms with van der Waals surface area (Å²) in [4.78, 5) is 15.6.